The molecule has 0 spiro atoms. The number of nitrogens with zero attached hydrogens (tertiary/aromatic N) is 2. The normalized spacial score (nSPS) is 23.8. The fraction of sp³-hybridized carbons (Fsp3) is 0.929. The second-order valence-corrected chi connectivity index (χ2v) is 5.42. The number of unbranched alkanes of at least 4 members (excludes halogenated alkanes) is 2. The number of carbonyl (C=O) groups excluding carboxylic acids is 1. The van der Waals surface area contributed by atoms with E-state index in [-0.39, 0.29) is 5.91 Å². The highest BCUT2D eigenvalue weighted by Crippen LogP contribution is 2.10. The van der Waals surface area contributed by atoms with Gasteiger partial charge in [-0.05, 0) is 12.8 Å². The van der Waals surface area contributed by atoms with Gasteiger partial charge in [-0.15, -0.1) is 0 Å². The van der Waals surface area contributed by atoms with Crippen LogP contribution in [0, 0.1) is 0 Å². The van der Waals surface area contributed by atoms with Gasteiger partial charge in [0.25, 0.3) is 0 Å². The van der Waals surface area contributed by atoms with Crippen molar-refractivity contribution in [2.45, 2.75) is 51.7 Å². The lowest BCUT2D eigenvalue weighted by molar-refractivity contribution is -0.132. The lowest BCUT2D eigenvalue weighted by atomic mass is 10.2. The van der Waals surface area contributed by atoms with E-state index >= 15 is 0 Å². The van der Waals surface area contributed by atoms with E-state index in [1.54, 1.807) is 0 Å². The van der Waals surface area contributed by atoms with Gasteiger partial charge in [0.15, 0.2) is 0 Å². The summed E-state index contributed by atoms with van der Waals surface area (Å²) in [6.45, 7) is 6.96. The zero-order valence-electron chi connectivity index (χ0n) is 12.2. The predicted octanol–water partition coefficient (Wildman–Crippen LogP) is 0.453. The molecule has 0 aromatic carbocycles. The number of hydrogen-bond acceptors (Lipinski definition) is 4. The zero-order valence-corrected chi connectivity index (χ0v) is 12.2. The van der Waals surface area contributed by atoms with Gasteiger partial charge in [-0.25, -0.2) is 0 Å². The fourth-order valence-electron chi connectivity index (χ4n) is 2.33. The Morgan fingerprint density at radius 3 is 2.00 bits per heavy atom. The van der Waals surface area contributed by atoms with E-state index in [2.05, 4.69) is 13.8 Å². The molecule has 1 amide bonds. The summed E-state index contributed by atoms with van der Waals surface area (Å²) in [4.78, 5) is 16.0. The van der Waals surface area contributed by atoms with Crippen LogP contribution in [0.1, 0.15) is 39.5 Å². The van der Waals surface area contributed by atoms with Crippen molar-refractivity contribution in [3.8, 4) is 0 Å². The smallest absolute Gasteiger partial charge is 0.236 e. The van der Waals surface area contributed by atoms with Crippen molar-refractivity contribution in [2.24, 2.45) is 0 Å². The molecule has 5 nitrogen and oxygen atoms in total. The van der Waals surface area contributed by atoms with Crippen LogP contribution < -0.4 is 0 Å². The van der Waals surface area contributed by atoms with Crippen LogP contribution in [-0.4, -0.2) is 70.9 Å². The van der Waals surface area contributed by atoms with Crippen LogP contribution in [0.3, 0.4) is 0 Å². The maximum Gasteiger partial charge on any atom is 0.236 e. The first kappa shape index (κ1) is 16.4. The van der Waals surface area contributed by atoms with Crippen LogP contribution in [0.2, 0.25) is 0 Å². The highest BCUT2D eigenvalue weighted by atomic mass is 16.3. The van der Waals surface area contributed by atoms with E-state index in [0.29, 0.717) is 19.6 Å². The summed E-state index contributed by atoms with van der Waals surface area (Å²) < 4.78 is 0. The molecule has 1 aliphatic rings. The van der Waals surface area contributed by atoms with Crippen LogP contribution in [0.5, 0.6) is 0 Å². The van der Waals surface area contributed by atoms with E-state index < -0.39 is 12.2 Å². The molecule has 0 aliphatic carbocycles. The van der Waals surface area contributed by atoms with Crippen molar-refractivity contribution in [3.05, 3.63) is 0 Å². The monoisotopic (exact) mass is 272 g/mol. The van der Waals surface area contributed by atoms with Crippen molar-refractivity contribution >= 4 is 5.91 Å². The Morgan fingerprint density at radius 2 is 1.58 bits per heavy atom. The summed E-state index contributed by atoms with van der Waals surface area (Å²) in [6.07, 6.45) is 2.79. The van der Waals surface area contributed by atoms with Gasteiger partial charge in [-0.1, -0.05) is 26.7 Å². The third kappa shape index (κ3) is 5.47. The van der Waals surface area contributed by atoms with Crippen LogP contribution in [-0.2, 0) is 4.79 Å². The minimum Gasteiger partial charge on any atom is -0.389 e. The average Bonchev–Trinajstić information content (AvgIpc) is 2.68. The summed E-state index contributed by atoms with van der Waals surface area (Å²) in [6, 6.07) is 0. The predicted molar refractivity (Wildman–Crippen MR) is 74.8 cm³/mol. The minimum atomic E-state index is -0.715. The molecule has 5 heteroatoms. The van der Waals surface area contributed by atoms with Crippen molar-refractivity contribution in [1.29, 1.82) is 0 Å². The van der Waals surface area contributed by atoms with E-state index in [9.17, 15) is 15.0 Å². The first-order chi connectivity index (χ1) is 9.08. The highest BCUT2D eigenvalue weighted by Gasteiger charge is 2.31. The number of β-amino-alcohol motifs (C(OH)–C–C–N with tert-alkyl or cyclic N) is 2. The minimum absolute atomic E-state index is 0.114. The Balaban J connectivity index is 2.42. The van der Waals surface area contributed by atoms with Crippen molar-refractivity contribution < 1.29 is 15.0 Å². The second kappa shape index (κ2) is 8.51. The molecule has 0 radical (unpaired) electrons. The van der Waals surface area contributed by atoms with E-state index in [0.717, 1.165) is 38.8 Å². The standard InChI is InChI=1S/C14H28N2O3/c1-3-5-7-16(8-6-4-2)14(19)11-15-9-12(17)13(18)10-15/h12-13,17-18H,3-11H2,1-2H3/t12-,13+. The lowest BCUT2D eigenvalue weighted by Gasteiger charge is -2.25. The van der Waals surface area contributed by atoms with E-state index in [4.69, 9.17) is 0 Å². The molecule has 0 aromatic rings. The SMILES string of the molecule is CCCCN(CCCC)C(=O)CN1C[C@@H](O)[C@@H](O)C1. The third-order valence-electron chi connectivity index (χ3n) is 3.61. The number of amides is 1. The Hall–Kier alpha value is -0.650. The molecule has 0 unspecified atom stereocenters. The number of rotatable bonds is 8. The van der Waals surface area contributed by atoms with Crippen molar-refractivity contribution in [3.63, 3.8) is 0 Å². The summed E-state index contributed by atoms with van der Waals surface area (Å²) in [5.41, 5.74) is 0. The summed E-state index contributed by atoms with van der Waals surface area (Å²) in [5.74, 6) is 0.114. The number of aliphatic hydroxyl groups excluding tert-OH is 2. The van der Waals surface area contributed by atoms with E-state index in [1.807, 2.05) is 9.80 Å². The van der Waals surface area contributed by atoms with Gasteiger partial charge >= 0.3 is 0 Å². The number of likely N-dealkylation sites (tertiary alicyclic amines) is 1. The maximum absolute atomic E-state index is 12.2. The highest BCUT2D eigenvalue weighted by molar-refractivity contribution is 5.78. The molecule has 0 aromatic heterocycles. The zero-order chi connectivity index (χ0) is 14.3. The average molecular weight is 272 g/mol. The second-order valence-electron chi connectivity index (χ2n) is 5.42. The molecule has 112 valence electrons. The molecule has 1 saturated heterocycles. The van der Waals surface area contributed by atoms with Crippen molar-refractivity contribution in [2.75, 3.05) is 32.7 Å². The molecule has 1 heterocycles. The molecule has 0 bridgehead atoms. The van der Waals surface area contributed by atoms with Gasteiger partial charge in [0.2, 0.25) is 5.91 Å². The molecular weight excluding hydrogens is 244 g/mol. The van der Waals surface area contributed by atoms with E-state index in [1.165, 1.54) is 0 Å². The molecule has 2 N–H and O–H groups in total. The Morgan fingerprint density at radius 1 is 1.11 bits per heavy atom. The van der Waals surface area contributed by atoms with Gasteiger partial charge < -0.3 is 15.1 Å². The first-order valence-electron chi connectivity index (χ1n) is 7.44. The Labute approximate surface area is 116 Å². The van der Waals surface area contributed by atoms with Crippen LogP contribution in [0.25, 0.3) is 0 Å². The quantitative estimate of drug-likeness (QED) is 0.673. The van der Waals surface area contributed by atoms with Crippen LogP contribution >= 0.6 is 0 Å². The molecule has 0 saturated carbocycles. The molecule has 1 aliphatic heterocycles. The molecule has 19 heavy (non-hydrogen) atoms. The summed E-state index contributed by atoms with van der Waals surface area (Å²) in [5, 5.41) is 19.0. The van der Waals surface area contributed by atoms with Crippen LogP contribution in [0.4, 0.5) is 0 Å². The Bertz CT molecular complexity index is 255. The summed E-state index contributed by atoms with van der Waals surface area (Å²) >= 11 is 0. The molecule has 2 atom stereocenters. The number of hydrogen-bond donors (Lipinski definition) is 2. The molecular formula is C14H28N2O3. The first-order valence-corrected chi connectivity index (χ1v) is 7.44. The topological polar surface area (TPSA) is 64.0 Å². The number of carbonyl (C=O) groups is 1. The number of aliphatic hydroxyl groups is 2. The Kier molecular flexibility index (Phi) is 7.34. The van der Waals surface area contributed by atoms with Gasteiger partial charge in [0.1, 0.15) is 0 Å². The molecule has 1 rings (SSSR count). The van der Waals surface area contributed by atoms with Gasteiger partial charge in [0.05, 0.1) is 18.8 Å². The lowest BCUT2D eigenvalue weighted by Crippen LogP contribution is -2.41. The van der Waals surface area contributed by atoms with Gasteiger partial charge in [-0.2, -0.15) is 0 Å². The van der Waals surface area contributed by atoms with Crippen LogP contribution in [0.15, 0.2) is 0 Å². The summed E-state index contributed by atoms with van der Waals surface area (Å²) in [7, 11) is 0. The van der Waals surface area contributed by atoms with Crippen molar-refractivity contribution in [1.82, 2.24) is 9.80 Å². The molecule has 1 fully saturated rings. The van der Waals surface area contributed by atoms with Gasteiger partial charge in [0, 0.05) is 26.2 Å². The fourth-order valence-corrected chi connectivity index (χ4v) is 2.33. The largest absolute Gasteiger partial charge is 0.389 e. The maximum atomic E-state index is 12.2. The van der Waals surface area contributed by atoms with Gasteiger partial charge in [-0.3, -0.25) is 9.69 Å². The third-order valence-corrected chi connectivity index (χ3v) is 3.61.